The van der Waals surface area contributed by atoms with Crippen molar-refractivity contribution in [1.82, 2.24) is 0 Å². The van der Waals surface area contributed by atoms with Crippen LogP contribution < -0.4 is 5.73 Å². The molecule has 0 fully saturated rings. The van der Waals surface area contributed by atoms with Crippen LogP contribution in [-0.2, 0) is 0 Å². The highest BCUT2D eigenvalue weighted by Crippen LogP contribution is 2.17. The molecule has 1 aromatic rings. The SMILES string of the molecule is CCCC[C@H](N)c1cccc(F)c1. The topological polar surface area (TPSA) is 26.0 Å². The second kappa shape index (κ2) is 4.97. The van der Waals surface area contributed by atoms with Gasteiger partial charge in [0.15, 0.2) is 0 Å². The molecule has 2 heteroatoms. The van der Waals surface area contributed by atoms with Gasteiger partial charge in [-0.25, -0.2) is 4.39 Å². The Labute approximate surface area is 78.8 Å². The monoisotopic (exact) mass is 181 g/mol. The zero-order chi connectivity index (χ0) is 9.68. The van der Waals surface area contributed by atoms with E-state index in [2.05, 4.69) is 6.92 Å². The van der Waals surface area contributed by atoms with E-state index >= 15 is 0 Å². The van der Waals surface area contributed by atoms with Gasteiger partial charge in [-0.2, -0.15) is 0 Å². The number of unbranched alkanes of at least 4 members (excludes halogenated alkanes) is 1. The van der Waals surface area contributed by atoms with Gasteiger partial charge in [-0.3, -0.25) is 0 Å². The molecule has 2 N–H and O–H groups in total. The Morgan fingerprint density at radius 3 is 2.85 bits per heavy atom. The molecule has 0 aliphatic rings. The lowest BCUT2D eigenvalue weighted by molar-refractivity contribution is 0.588. The predicted molar refractivity (Wildman–Crippen MR) is 52.9 cm³/mol. The van der Waals surface area contributed by atoms with E-state index in [0.29, 0.717) is 0 Å². The van der Waals surface area contributed by atoms with Gasteiger partial charge < -0.3 is 5.73 Å². The fourth-order valence-corrected chi connectivity index (χ4v) is 1.33. The second-order valence-corrected chi connectivity index (χ2v) is 3.30. The van der Waals surface area contributed by atoms with Crippen molar-refractivity contribution in [2.45, 2.75) is 32.2 Å². The fraction of sp³-hybridized carbons (Fsp3) is 0.455. The summed E-state index contributed by atoms with van der Waals surface area (Å²) in [5.41, 5.74) is 6.78. The smallest absolute Gasteiger partial charge is 0.123 e. The van der Waals surface area contributed by atoms with E-state index in [4.69, 9.17) is 5.73 Å². The number of hydrogen-bond donors (Lipinski definition) is 1. The Balaban J connectivity index is 2.60. The summed E-state index contributed by atoms with van der Waals surface area (Å²) in [4.78, 5) is 0. The quantitative estimate of drug-likeness (QED) is 0.759. The summed E-state index contributed by atoms with van der Waals surface area (Å²) >= 11 is 0. The summed E-state index contributed by atoms with van der Waals surface area (Å²) in [7, 11) is 0. The maximum atomic E-state index is 12.8. The first-order chi connectivity index (χ1) is 6.24. The van der Waals surface area contributed by atoms with Crippen molar-refractivity contribution in [3.05, 3.63) is 35.6 Å². The average molecular weight is 181 g/mol. The molecule has 1 atom stereocenters. The summed E-state index contributed by atoms with van der Waals surface area (Å²) in [6.07, 6.45) is 3.15. The summed E-state index contributed by atoms with van der Waals surface area (Å²) in [5, 5.41) is 0. The van der Waals surface area contributed by atoms with Crippen molar-refractivity contribution in [2.24, 2.45) is 5.73 Å². The third kappa shape index (κ3) is 3.15. The lowest BCUT2D eigenvalue weighted by Gasteiger charge is -2.10. The number of halogens is 1. The van der Waals surface area contributed by atoms with Gasteiger partial charge in [-0.05, 0) is 24.1 Å². The van der Waals surface area contributed by atoms with E-state index in [0.717, 1.165) is 24.8 Å². The first kappa shape index (κ1) is 10.2. The zero-order valence-corrected chi connectivity index (χ0v) is 7.96. The minimum Gasteiger partial charge on any atom is -0.324 e. The molecule has 0 saturated heterocycles. The fourth-order valence-electron chi connectivity index (χ4n) is 1.33. The highest BCUT2D eigenvalue weighted by Gasteiger charge is 2.05. The van der Waals surface area contributed by atoms with Gasteiger partial charge >= 0.3 is 0 Å². The first-order valence-corrected chi connectivity index (χ1v) is 4.75. The van der Waals surface area contributed by atoms with Crippen LogP contribution in [0.3, 0.4) is 0 Å². The molecule has 0 aliphatic carbocycles. The van der Waals surface area contributed by atoms with Gasteiger partial charge in [0.2, 0.25) is 0 Å². The largest absolute Gasteiger partial charge is 0.324 e. The minimum atomic E-state index is -0.204. The summed E-state index contributed by atoms with van der Waals surface area (Å²) in [6, 6.07) is 6.52. The van der Waals surface area contributed by atoms with Crippen molar-refractivity contribution in [3.63, 3.8) is 0 Å². The Bertz CT molecular complexity index is 260. The second-order valence-electron chi connectivity index (χ2n) is 3.30. The molecule has 0 spiro atoms. The predicted octanol–water partition coefficient (Wildman–Crippen LogP) is 3.02. The van der Waals surface area contributed by atoms with Crippen molar-refractivity contribution in [3.8, 4) is 0 Å². The molecule has 0 amide bonds. The lowest BCUT2D eigenvalue weighted by atomic mass is 10.0. The van der Waals surface area contributed by atoms with Crippen LogP contribution in [0.25, 0.3) is 0 Å². The first-order valence-electron chi connectivity index (χ1n) is 4.75. The van der Waals surface area contributed by atoms with E-state index in [1.165, 1.54) is 12.1 Å². The molecule has 1 nitrogen and oxygen atoms in total. The van der Waals surface area contributed by atoms with Crippen molar-refractivity contribution in [1.29, 1.82) is 0 Å². The Kier molecular flexibility index (Phi) is 3.90. The Morgan fingerprint density at radius 2 is 2.23 bits per heavy atom. The van der Waals surface area contributed by atoms with Gasteiger partial charge in [0.05, 0.1) is 0 Å². The highest BCUT2D eigenvalue weighted by molar-refractivity contribution is 5.19. The van der Waals surface area contributed by atoms with Gasteiger partial charge in [-0.1, -0.05) is 31.9 Å². The zero-order valence-electron chi connectivity index (χ0n) is 7.96. The Morgan fingerprint density at radius 1 is 1.46 bits per heavy atom. The summed E-state index contributed by atoms with van der Waals surface area (Å²) in [6.45, 7) is 2.12. The van der Waals surface area contributed by atoms with Crippen LogP contribution >= 0.6 is 0 Å². The van der Waals surface area contributed by atoms with Crippen molar-refractivity contribution in [2.75, 3.05) is 0 Å². The van der Waals surface area contributed by atoms with Crippen LogP contribution in [-0.4, -0.2) is 0 Å². The Hall–Kier alpha value is -0.890. The third-order valence-corrected chi connectivity index (χ3v) is 2.15. The molecule has 1 rings (SSSR count). The number of hydrogen-bond acceptors (Lipinski definition) is 1. The molecule has 0 aromatic heterocycles. The van der Waals surface area contributed by atoms with Crippen LogP contribution in [0.1, 0.15) is 37.8 Å². The number of benzene rings is 1. The van der Waals surface area contributed by atoms with E-state index < -0.39 is 0 Å². The molecule has 0 bridgehead atoms. The van der Waals surface area contributed by atoms with Gasteiger partial charge in [0.1, 0.15) is 5.82 Å². The molecule has 13 heavy (non-hydrogen) atoms. The minimum absolute atomic E-state index is 0.0179. The maximum absolute atomic E-state index is 12.8. The molecule has 1 aromatic carbocycles. The third-order valence-electron chi connectivity index (χ3n) is 2.15. The van der Waals surface area contributed by atoms with Crippen molar-refractivity contribution >= 4 is 0 Å². The van der Waals surface area contributed by atoms with Gasteiger partial charge in [0, 0.05) is 6.04 Å². The summed E-state index contributed by atoms with van der Waals surface area (Å²) in [5.74, 6) is -0.204. The normalized spacial score (nSPS) is 12.8. The van der Waals surface area contributed by atoms with E-state index in [9.17, 15) is 4.39 Å². The maximum Gasteiger partial charge on any atom is 0.123 e. The van der Waals surface area contributed by atoms with E-state index in [-0.39, 0.29) is 11.9 Å². The van der Waals surface area contributed by atoms with Crippen molar-refractivity contribution < 1.29 is 4.39 Å². The van der Waals surface area contributed by atoms with E-state index in [1.54, 1.807) is 6.07 Å². The molecule has 0 aliphatic heterocycles. The molecule has 0 saturated carbocycles. The van der Waals surface area contributed by atoms with E-state index in [1.807, 2.05) is 6.07 Å². The van der Waals surface area contributed by atoms with Gasteiger partial charge in [-0.15, -0.1) is 0 Å². The molecule has 0 unspecified atom stereocenters. The summed E-state index contributed by atoms with van der Waals surface area (Å²) < 4.78 is 12.8. The van der Waals surface area contributed by atoms with Gasteiger partial charge in [0.25, 0.3) is 0 Å². The molecular formula is C11H16FN. The molecule has 72 valence electrons. The number of rotatable bonds is 4. The standard InChI is InChI=1S/C11H16FN/c1-2-3-7-11(13)9-5-4-6-10(12)8-9/h4-6,8,11H,2-3,7,13H2,1H3/t11-/m0/s1. The van der Waals surface area contributed by atoms with Crippen LogP contribution in [0.15, 0.2) is 24.3 Å². The van der Waals surface area contributed by atoms with Crippen LogP contribution in [0.2, 0.25) is 0 Å². The molecule has 0 heterocycles. The lowest BCUT2D eigenvalue weighted by Crippen LogP contribution is -2.09. The molecule has 0 radical (unpaired) electrons. The average Bonchev–Trinajstić information content (AvgIpc) is 2.14. The number of nitrogens with two attached hydrogens (primary N) is 1. The van der Waals surface area contributed by atoms with Crippen LogP contribution in [0.4, 0.5) is 4.39 Å². The van der Waals surface area contributed by atoms with Crippen LogP contribution in [0.5, 0.6) is 0 Å². The highest BCUT2D eigenvalue weighted by atomic mass is 19.1. The van der Waals surface area contributed by atoms with Crippen LogP contribution in [0, 0.1) is 5.82 Å². The molecular weight excluding hydrogens is 165 g/mol.